The van der Waals surface area contributed by atoms with Crippen LogP contribution in [0.4, 0.5) is 11.4 Å². The average Bonchev–Trinajstić information content (AvgIpc) is 2.68. The van der Waals surface area contributed by atoms with E-state index in [2.05, 4.69) is 23.2 Å². The van der Waals surface area contributed by atoms with Crippen molar-refractivity contribution < 1.29 is 14.5 Å². The van der Waals surface area contributed by atoms with Crippen molar-refractivity contribution >= 4 is 23.1 Å². The van der Waals surface area contributed by atoms with E-state index >= 15 is 0 Å². The maximum absolute atomic E-state index is 12.4. The van der Waals surface area contributed by atoms with Crippen molar-refractivity contribution in [3.05, 3.63) is 59.7 Å². The number of piperazine rings is 1. The number of quaternary nitrogens is 1. The minimum absolute atomic E-state index is 0.0671. The molecule has 0 radical (unpaired) electrons. The van der Waals surface area contributed by atoms with Gasteiger partial charge in [0.05, 0.1) is 26.2 Å². The summed E-state index contributed by atoms with van der Waals surface area (Å²) >= 11 is 0. The molecule has 1 fully saturated rings. The lowest BCUT2D eigenvalue weighted by atomic mass is 10.1. The third-order valence-corrected chi connectivity index (χ3v) is 5.14. The molecule has 0 saturated carbocycles. The summed E-state index contributed by atoms with van der Waals surface area (Å²) in [6, 6.07) is 15.8. The van der Waals surface area contributed by atoms with Crippen molar-refractivity contribution in [2.75, 3.05) is 42.9 Å². The molecule has 1 amide bonds. The molecule has 2 aromatic rings. The van der Waals surface area contributed by atoms with E-state index < -0.39 is 0 Å². The Bertz CT molecular complexity index is 793. The quantitative estimate of drug-likeness (QED) is 0.767. The van der Waals surface area contributed by atoms with Crippen molar-refractivity contribution in [3.8, 4) is 0 Å². The van der Waals surface area contributed by atoms with Crippen LogP contribution in [0.15, 0.2) is 48.5 Å². The summed E-state index contributed by atoms with van der Waals surface area (Å²) in [5.41, 5.74) is 3.99. The lowest BCUT2D eigenvalue weighted by molar-refractivity contribution is -0.892. The summed E-state index contributed by atoms with van der Waals surface area (Å²) in [5, 5.41) is 3.02. The molecular formula is C22H28N3O2+. The number of hydrogen-bond donors (Lipinski definition) is 2. The molecule has 1 heterocycles. The number of ketones is 1. The highest BCUT2D eigenvalue weighted by molar-refractivity contribution is 5.94. The molecule has 1 aliphatic rings. The zero-order valence-electron chi connectivity index (χ0n) is 16.1. The summed E-state index contributed by atoms with van der Waals surface area (Å²) in [6.07, 6.45) is 0.963. The standard InChI is InChI=1S/C22H27N3O2/c1-3-18-5-4-6-20(15-18)23-22(27)16-24-11-13-25(14-12-24)21-9-7-19(8-10-21)17(2)26/h4-10,15H,3,11-14,16H2,1-2H3,(H,23,27)/p+1. The molecule has 1 aliphatic heterocycles. The van der Waals surface area contributed by atoms with Crippen LogP contribution in [0.25, 0.3) is 0 Å². The van der Waals surface area contributed by atoms with Crippen molar-refractivity contribution in [1.29, 1.82) is 0 Å². The predicted octanol–water partition coefficient (Wildman–Crippen LogP) is 1.80. The Morgan fingerprint density at radius 2 is 1.78 bits per heavy atom. The average molecular weight is 366 g/mol. The van der Waals surface area contributed by atoms with E-state index in [1.54, 1.807) is 6.92 Å². The highest BCUT2D eigenvalue weighted by Gasteiger charge is 2.22. The number of carbonyl (C=O) groups excluding carboxylic acids is 2. The molecule has 0 atom stereocenters. The van der Waals surface area contributed by atoms with Crippen LogP contribution in [0.5, 0.6) is 0 Å². The SMILES string of the molecule is CCc1cccc(NC(=O)C[NH+]2CCN(c3ccc(C(C)=O)cc3)CC2)c1. The Morgan fingerprint density at radius 1 is 1.07 bits per heavy atom. The number of nitrogens with one attached hydrogen (secondary N) is 2. The highest BCUT2D eigenvalue weighted by atomic mass is 16.2. The Hall–Kier alpha value is -2.66. The van der Waals surface area contributed by atoms with Gasteiger partial charge in [0.15, 0.2) is 12.3 Å². The van der Waals surface area contributed by atoms with Crippen molar-refractivity contribution in [3.63, 3.8) is 0 Å². The molecule has 0 spiro atoms. The van der Waals surface area contributed by atoms with E-state index in [1.807, 2.05) is 42.5 Å². The second kappa shape index (κ2) is 8.82. The second-order valence-electron chi connectivity index (χ2n) is 7.12. The van der Waals surface area contributed by atoms with Gasteiger partial charge in [0.25, 0.3) is 5.91 Å². The van der Waals surface area contributed by atoms with Gasteiger partial charge in [-0.3, -0.25) is 9.59 Å². The first-order valence-corrected chi connectivity index (χ1v) is 9.63. The van der Waals surface area contributed by atoms with Gasteiger partial charge < -0.3 is 15.1 Å². The van der Waals surface area contributed by atoms with Crippen LogP contribution < -0.4 is 15.1 Å². The molecule has 3 rings (SSSR count). The zero-order valence-corrected chi connectivity index (χ0v) is 16.1. The highest BCUT2D eigenvalue weighted by Crippen LogP contribution is 2.15. The number of hydrogen-bond acceptors (Lipinski definition) is 3. The molecule has 5 nitrogen and oxygen atoms in total. The molecule has 142 valence electrons. The number of nitrogens with zero attached hydrogens (tertiary/aromatic N) is 1. The fraction of sp³-hybridized carbons (Fsp3) is 0.364. The van der Waals surface area contributed by atoms with Gasteiger partial charge in [-0.2, -0.15) is 0 Å². The Kier molecular flexibility index (Phi) is 6.24. The monoisotopic (exact) mass is 366 g/mol. The van der Waals surface area contributed by atoms with E-state index in [9.17, 15) is 9.59 Å². The van der Waals surface area contributed by atoms with Gasteiger partial charge in [0, 0.05) is 16.9 Å². The molecule has 0 unspecified atom stereocenters. The van der Waals surface area contributed by atoms with Crippen molar-refractivity contribution in [2.24, 2.45) is 0 Å². The van der Waals surface area contributed by atoms with Gasteiger partial charge in [0.2, 0.25) is 0 Å². The van der Waals surface area contributed by atoms with Gasteiger partial charge in [-0.05, 0) is 55.3 Å². The minimum atomic E-state index is 0.0671. The van der Waals surface area contributed by atoms with Crippen LogP contribution in [0, 0.1) is 0 Å². The van der Waals surface area contributed by atoms with Gasteiger partial charge in [-0.1, -0.05) is 19.1 Å². The van der Waals surface area contributed by atoms with Crippen LogP contribution in [-0.2, 0) is 11.2 Å². The van der Waals surface area contributed by atoms with Gasteiger partial charge in [-0.25, -0.2) is 0 Å². The number of anilines is 2. The molecule has 0 aromatic heterocycles. The first kappa shape index (κ1) is 19.1. The molecule has 2 N–H and O–H groups in total. The predicted molar refractivity (Wildman–Crippen MR) is 109 cm³/mol. The van der Waals surface area contributed by atoms with Crippen LogP contribution in [0.1, 0.15) is 29.8 Å². The Labute approximate surface area is 161 Å². The van der Waals surface area contributed by atoms with Crippen molar-refractivity contribution in [1.82, 2.24) is 0 Å². The normalized spacial score (nSPS) is 14.8. The van der Waals surface area contributed by atoms with Crippen LogP contribution in [0.3, 0.4) is 0 Å². The molecule has 0 bridgehead atoms. The van der Waals surface area contributed by atoms with Gasteiger partial charge in [0.1, 0.15) is 0 Å². The molecule has 5 heteroatoms. The van der Waals surface area contributed by atoms with E-state index in [0.29, 0.717) is 6.54 Å². The number of Topliss-reactive ketones (excluding diaryl/α,β-unsaturated/α-hetero) is 1. The summed E-state index contributed by atoms with van der Waals surface area (Å²) in [4.78, 5) is 27.4. The molecule has 0 aliphatic carbocycles. The van der Waals surface area contributed by atoms with E-state index in [4.69, 9.17) is 0 Å². The fourth-order valence-electron chi connectivity index (χ4n) is 3.47. The third kappa shape index (κ3) is 5.17. The molecule has 1 saturated heterocycles. The van der Waals surface area contributed by atoms with Crippen LogP contribution in [0.2, 0.25) is 0 Å². The van der Waals surface area contributed by atoms with E-state index in [-0.39, 0.29) is 11.7 Å². The summed E-state index contributed by atoms with van der Waals surface area (Å²) in [7, 11) is 0. The molecular weight excluding hydrogens is 338 g/mol. The van der Waals surface area contributed by atoms with Gasteiger partial charge in [-0.15, -0.1) is 0 Å². The third-order valence-electron chi connectivity index (χ3n) is 5.14. The topological polar surface area (TPSA) is 53.9 Å². The Morgan fingerprint density at radius 3 is 2.41 bits per heavy atom. The lowest BCUT2D eigenvalue weighted by Gasteiger charge is -2.33. The van der Waals surface area contributed by atoms with E-state index in [0.717, 1.165) is 49.5 Å². The minimum Gasteiger partial charge on any atom is -0.360 e. The van der Waals surface area contributed by atoms with Crippen LogP contribution >= 0.6 is 0 Å². The number of amides is 1. The second-order valence-corrected chi connectivity index (χ2v) is 7.12. The smallest absolute Gasteiger partial charge is 0.279 e. The molecule has 2 aromatic carbocycles. The maximum Gasteiger partial charge on any atom is 0.279 e. The maximum atomic E-state index is 12.4. The summed E-state index contributed by atoms with van der Waals surface area (Å²) < 4.78 is 0. The summed E-state index contributed by atoms with van der Waals surface area (Å²) in [5.74, 6) is 0.156. The van der Waals surface area contributed by atoms with Gasteiger partial charge >= 0.3 is 0 Å². The van der Waals surface area contributed by atoms with Crippen LogP contribution in [-0.4, -0.2) is 44.4 Å². The van der Waals surface area contributed by atoms with E-state index in [1.165, 1.54) is 10.5 Å². The Balaban J connectivity index is 1.48. The first-order chi connectivity index (χ1) is 13.0. The largest absolute Gasteiger partial charge is 0.360 e. The lowest BCUT2D eigenvalue weighted by Crippen LogP contribution is -3.15. The number of carbonyl (C=O) groups is 2. The summed E-state index contributed by atoms with van der Waals surface area (Å²) in [6.45, 7) is 7.86. The first-order valence-electron chi connectivity index (χ1n) is 9.63. The van der Waals surface area contributed by atoms with Crippen molar-refractivity contribution in [2.45, 2.75) is 20.3 Å². The molecule has 27 heavy (non-hydrogen) atoms. The number of aryl methyl sites for hydroxylation is 1. The fourth-order valence-corrected chi connectivity index (χ4v) is 3.47. The zero-order chi connectivity index (χ0) is 19.2. The number of rotatable bonds is 6. The number of benzene rings is 2.